The molecule has 158 valence electrons. The maximum absolute atomic E-state index is 13.5. The van der Waals surface area contributed by atoms with Crippen LogP contribution in [0.3, 0.4) is 0 Å². The van der Waals surface area contributed by atoms with E-state index in [1.54, 1.807) is 0 Å². The van der Waals surface area contributed by atoms with Crippen LogP contribution in [0.15, 0.2) is 48.7 Å². The topological polar surface area (TPSA) is 39.7 Å². The number of hydrogen-bond acceptors (Lipinski definition) is 4. The minimum absolute atomic E-state index is 0.155. The van der Waals surface area contributed by atoms with Gasteiger partial charge in [0.2, 0.25) is 5.91 Å². The Balaban J connectivity index is 1.22. The van der Waals surface area contributed by atoms with Gasteiger partial charge in [0.05, 0.1) is 11.6 Å². The summed E-state index contributed by atoms with van der Waals surface area (Å²) in [5, 5.41) is 0. The van der Waals surface area contributed by atoms with Crippen molar-refractivity contribution in [3.05, 3.63) is 65.5 Å². The van der Waals surface area contributed by atoms with Crippen LogP contribution in [-0.4, -0.2) is 64.4 Å². The van der Waals surface area contributed by atoms with Crippen LogP contribution in [0, 0.1) is 12.8 Å². The fourth-order valence-corrected chi connectivity index (χ4v) is 5.69. The molecule has 0 bridgehead atoms. The highest BCUT2D eigenvalue weighted by molar-refractivity contribution is 5.80. The molecule has 0 saturated carbocycles. The first kappa shape index (κ1) is 19.7. The Bertz CT molecular complexity index is 878. The summed E-state index contributed by atoms with van der Waals surface area (Å²) in [5.41, 5.74) is 3.77. The number of piperazine rings is 1. The molecule has 3 fully saturated rings. The highest BCUT2D eigenvalue weighted by atomic mass is 16.2. The predicted molar refractivity (Wildman–Crippen MR) is 118 cm³/mol. The molecule has 3 saturated heterocycles. The first-order chi connectivity index (χ1) is 14.7. The van der Waals surface area contributed by atoms with Gasteiger partial charge in [-0.1, -0.05) is 36.4 Å². The SMILES string of the molecule is Cc1cccnc1CN1CCN(C(=O)[C@H]2C[C@@H](c3ccccc3)N3CCC[C@H]23)CC1. The van der Waals surface area contributed by atoms with E-state index in [1.165, 1.54) is 24.0 Å². The van der Waals surface area contributed by atoms with Crippen molar-refractivity contribution in [2.24, 2.45) is 5.92 Å². The smallest absolute Gasteiger partial charge is 0.227 e. The number of benzene rings is 1. The molecule has 5 rings (SSSR count). The fourth-order valence-electron chi connectivity index (χ4n) is 5.69. The zero-order valence-electron chi connectivity index (χ0n) is 17.9. The van der Waals surface area contributed by atoms with Crippen molar-refractivity contribution in [1.82, 2.24) is 19.7 Å². The van der Waals surface area contributed by atoms with Gasteiger partial charge in [0.1, 0.15) is 0 Å². The Morgan fingerprint density at radius 2 is 1.83 bits per heavy atom. The van der Waals surface area contributed by atoms with Gasteiger partial charge < -0.3 is 4.90 Å². The Morgan fingerprint density at radius 1 is 1.03 bits per heavy atom. The maximum atomic E-state index is 13.5. The Morgan fingerprint density at radius 3 is 2.60 bits per heavy atom. The number of aromatic nitrogens is 1. The monoisotopic (exact) mass is 404 g/mol. The summed E-state index contributed by atoms with van der Waals surface area (Å²) >= 11 is 0. The third-order valence-electron chi connectivity index (χ3n) is 7.36. The number of fused-ring (bicyclic) bond motifs is 1. The zero-order valence-corrected chi connectivity index (χ0v) is 17.9. The van der Waals surface area contributed by atoms with Gasteiger partial charge in [-0.15, -0.1) is 0 Å². The van der Waals surface area contributed by atoms with Gasteiger partial charge in [-0.25, -0.2) is 0 Å². The van der Waals surface area contributed by atoms with Gasteiger partial charge in [-0.05, 0) is 49.9 Å². The number of carbonyl (C=O) groups excluding carboxylic acids is 1. The van der Waals surface area contributed by atoms with Crippen molar-refractivity contribution in [3.8, 4) is 0 Å². The molecule has 2 aromatic rings. The highest BCUT2D eigenvalue weighted by Gasteiger charge is 2.48. The van der Waals surface area contributed by atoms with E-state index in [4.69, 9.17) is 0 Å². The molecule has 1 amide bonds. The van der Waals surface area contributed by atoms with Crippen LogP contribution in [-0.2, 0) is 11.3 Å². The van der Waals surface area contributed by atoms with Crippen molar-refractivity contribution in [3.63, 3.8) is 0 Å². The summed E-state index contributed by atoms with van der Waals surface area (Å²) in [6.07, 6.45) is 5.23. The second-order valence-corrected chi connectivity index (χ2v) is 9.08. The molecule has 5 nitrogen and oxygen atoms in total. The van der Waals surface area contributed by atoms with E-state index in [1.807, 2.05) is 12.3 Å². The highest BCUT2D eigenvalue weighted by Crippen LogP contribution is 2.45. The van der Waals surface area contributed by atoms with Crippen LogP contribution in [0.2, 0.25) is 0 Å². The van der Waals surface area contributed by atoms with Crippen molar-refractivity contribution < 1.29 is 4.79 Å². The number of amides is 1. The van der Waals surface area contributed by atoms with Crippen LogP contribution in [0.1, 0.15) is 42.1 Å². The molecule has 5 heteroatoms. The third-order valence-corrected chi connectivity index (χ3v) is 7.36. The van der Waals surface area contributed by atoms with Gasteiger partial charge >= 0.3 is 0 Å². The molecule has 0 aliphatic carbocycles. The van der Waals surface area contributed by atoms with E-state index < -0.39 is 0 Å². The summed E-state index contributed by atoms with van der Waals surface area (Å²) < 4.78 is 0. The average Bonchev–Trinajstić information content (AvgIpc) is 3.39. The summed E-state index contributed by atoms with van der Waals surface area (Å²) in [4.78, 5) is 25.2. The van der Waals surface area contributed by atoms with Crippen LogP contribution >= 0.6 is 0 Å². The van der Waals surface area contributed by atoms with Crippen LogP contribution < -0.4 is 0 Å². The number of hydrogen-bond donors (Lipinski definition) is 0. The van der Waals surface area contributed by atoms with Crippen molar-refractivity contribution in [2.45, 2.75) is 44.8 Å². The van der Waals surface area contributed by atoms with Gasteiger partial charge in [0.25, 0.3) is 0 Å². The molecule has 0 spiro atoms. The molecule has 1 aromatic heterocycles. The lowest BCUT2D eigenvalue weighted by Gasteiger charge is -2.36. The maximum Gasteiger partial charge on any atom is 0.227 e. The largest absolute Gasteiger partial charge is 0.340 e. The summed E-state index contributed by atoms with van der Waals surface area (Å²) in [6.45, 7) is 7.68. The zero-order chi connectivity index (χ0) is 20.5. The average molecular weight is 405 g/mol. The fraction of sp³-hybridized carbons (Fsp3) is 0.520. The normalized spacial score (nSPS) is 27.4. The molecule has 0 radical (unpaired) electrons. The minimum Gasteiger partial charge on any atom is -0.340 e. The molecular formula is C25H32N4O. The second kappa shape index (κ2) is 8.48. The molecular weight excluding hydrogens is 372 g/mol. The molecule has 30 heavy (non-hydrogen) atoms. The summed E-state index contributed by atoms with van der Waals surface area (Å²) in [5.74, 6) is 0.543. The number of carbonyl (C=O) groups is 1. The molecule has 3 aliphatic heterocycles. The number of aryl methyl sites for hydroxylation is 1. The molecule has 0 unspecified atom stereocenters. The molecule has 3 atom stereocenters. The lowest BCUT2D eigenvalue weighted by Crippen LogP contribution is -2.51. The molecule has 1 aromatic carbocycles. The summed E-state index contributed by atoms with van der Waals surface area (Å²) in [7, 11) is 0. The van der Waals surface area contributed by atoms with Crippen molar-refractivity contribution >= 4 is 5.91 Å². The first-order valence-electron chi connectivity index (χ1n) is 11.4. The first-order valence-corrected chi connectivity index (χ1v) is 11.4. The van der Waals surface area contributed by atoms with Gasteiger partial charge in [-0.3, -0.25) is 19.6 Å². The Hall–Kier alpha value is -2.24. The van der Waals surface area contributed by atoms with Crippen molar-refractivity contribution in [2.75, 3.05) is 32.7 Å². The van der Waals surface area contributed by atoms with Gasteiger partial charge in [0.15, 0.2) is 0 Å². The third kappa shape index (κ3) is 3.77. The van der Waals surface area contributed by atoms with Gasteiger partial charge in [-0.2, -0.15) is 0 Å². The molecule has 3 aliphatic rings. The van der Waals surface area contributed by atoms with E-state index >= 15 is 0 Å². The Labute approximate surface area is 179 Å². The van der Waals surface area contributed by atoms with E-state index in [-0.39, 0.29) is 5.92 Å². The minimum atomic E-state index is 0.155. The van der Waals surface area contributed by atoms with Crippen LogP contribution in [0.4, 0.5) is 0 Å². The molecule has 0 N–H and O–H groups in total. The van der Waals surface area contributed by atoms with E-state index in [9.17, 15) is 4.79 Å². The lowest BCUT2D eigenvalue weighted by molar-refractivity contribution is -0.138. The Kier molecular flexibility index (Phi) is 5.57. The van der Waals surface area contributed by atoms with Crippen molar-refractivity contribution in [1.29, 1.82) is 0 Å². The van der Waals surface area contributed by atoms with Crippen LogP contribution in [0.5, 0.6) is 0 Å². The molecule has 4 heterocycles. The quantitative estimate of drug-likeness (QED) is 0.784. The van der Waals surface area contributed by atoms with Crippen LogP contribution in [0.25, 0.3) is 0 Å². The van der Waals surface area contributed by atoms with Gasteiger partial charge in [0, 0.05) is 51.0 Å². The number of rotatable bonds is 4. The number of pyridine rings is 1. The second-order valence-electron chi connectivity index (χ2n) is 9.08. The number of nitrogens with zero attached hydrogens (tertiary/aromatic N) is 4. The standard InChI is InChI=1S/C25H32N4O/c1-19-7-5-11-26-22(19)18-27-13-15-28(16-14-27)25(30)21-17-24(20-8-3-2-4-9-20)29-12-6-10-23(21)29/h2-5,7-9,11,21,23-24H,6,10,12-18H2,1H3/t21-,23+,24-/m0/s1. The lowest BCUT2D eigenvalue weighted by atomic mass is 9.93. The van der Waals surface area contributed by atoms with E-state index in [0.29, 0.717) is 18.0 Å². The summed E-state index contributed by atoms with van der Waals surface area (Å²) in [6, 6.07) is 15.7. The van der Waals surface area contributed by atoms with E-state index in [0.717, 1.165) is 51.4 Å². The predicted octanol–water partition coefficient (Wildman–Crippen LogP) is 3.26. The van der Waals surface area contributed by atoms with E-state index in [2.05, 4.69) is 63.0 Å².